The summed E-state index contributed by atoms with van der Waals surface area (Å²) in [5.74, 6) is 0.380. The number of hydrogen-bond donors (Lipinski definition) is 1. The van der Waals surface area contributed by atoms with Crippen LogP contribution in [0.25, 0.3) is 0 Å². The van der Waals surface area contributed by atoms with Gasteiger partial charge in [-0.2, -0.15) is 0 Å². The zero-order valence-electron chi connectivity index (χ0n) is 8.74. The van der Waals surface area contributed by atoms with Crippen molar-refractivity contribution in [3.05, 3.63) is 46.8 Å². The highest BCUT2D eigenvalue weighted by atomic mass is 35.5. The van der Waals surface area contributed by atoms with Gasteiger partial charge in [-0.15, -0.1) is 0 Å². The van der Waals surface area contributed by atoms with Gasteiger partial charge in [0.05, 0.1) is 11.6 Å². The minimum absolute atomic E-state index is 0.0852. The molecule has 0 atom stereocenters. The van der Waals surface area contributed by atoms with E-state index in [4.69, 9.17) is 17.3 Å². The number of aryl methyl sites for hydroxylation is 1. The normalized spacial score (nSPS) is 10.7. The summed E-state index contributed by atoms with van der Waals surface area (Å²) in [5, 5.41) is 0.0852. The third-order valence-corrected chi connectivity index (χ3v) is 2.74. The van der Waals surface area contributed by atoms with Crippen molar-refractivity contribution in [1.29, 1.82) is 0 Å². The lowest BCUT2D eigenvalue weighted by molar-refractivity contribution is 0.627. The molecular weight excluding hydrogens is 229 g/mol. The van der Waals surface area contributed by atoms with Gasteiger partial charge < -0.3 is 10.3 Å². The Balaban J connectivity index is 2.35. The fraction of sp³-hybridized carbons (Fsp3) is 0.182. The number of aromatic nitrogens is 2. The van der Waals surface area contributed by atoms with Gasteiger partial charge in [0.1, 0.15) is 11.6 Å². The van der Waals surface area contributed by atoms with Crippen LogP contribution in [0.15, 0.2) is 24.5 Å². The fourth-order valence-electron chi connectivity index (χ4n) is 1.49. The number of imidazole rings is 1. The fourth-order valence-corrected chi connectivity index (χ4v) is 1.68. The Hall–Kier alpha value is -1.55. The average molecular weight is 240 g/mol. The Bertz CT molecular complexity index is 522. The predicted octanol–water partition coefficient (Wildman–Crippen LogP) is 2.61. The first-order valence-corrected chi connectivity index (χ1v) is 5.17. The molecule has 0 fully saturated rings. The van der Waals surface area contributed by atoms with Crippen LogP contribution in [0.1, 0.15) is 11.4 Å². The molecule has 0 aliphatic carbocycles. The molecule has 0 saturated carbocycles. The van der Waals surface area contributed by atoms with E-state index in [0.29, 0.717) is 12.2 Å². The summed E-state index contributed by atoms with van der Waals surface area (Å²) in [5.41, 5.74) is 6.91. The van der Waals surface area contributed by atoms with Crippen molar-refractivity contribution in [2.75, 3.05) is 5.73 Å². The maximum atomic E-state index is 13.1. The number of rotatable bonds is 2. The van der Waals surface area contributed by atoms with Crippen LogP contribution in [0.4, 0.5) is 10.1 Å². The molecule has 2 rings (SSSR count). The molecule has 5 heteroatoms. The van der Waals surface area contributed by atoms with Crippen LogP contribution in [0, 0.1) is 12.7 Å². The minimum Gasteiger partial charge on any atom is -0.398 e. The highest BCUT2D eigenvalue weighted by Crippen LogP contribution is 2.23. The van der Waals surface area contributed by atoms with Crippen molar-refractivity contribution in [3.63, 3.8) is 0 Å². The molecule has 2 aromatic rings. The maximum absolute atomic E-state index is 13.1. The van der Waals surface area contributed by atoms with Gasteiger partial charge in [0.25, 0.3) is 0 Å². The largest absolute Gasteiger partial charge is 0.398 e. The van der Waals surface area contributed by atoms with Gasteiger partial charge in [0.15, 0.2) is 0 Å². The summed E-state index contributed by atoms with van der Waals surface area (Å²) < 4.78 is 15.0. The Morgan fingerprint density at radius 1 is 1.50 bits per heavy atom. The highest BCUT2D eigenvalue weighted by Gasteiger charge is 2.07. The van der Waals surface area contributed by atoms with E-state index in [0.717, 1.165) is 11.4 Å². The number of nitrogens with two attached hydrogens (primary N) is 1. The van der Waals surface area contributed by atoms with Gasteiger partial charge in [-0.1, -0.05) is 11.6 Å². The van der Waals surface area contributed by atoms with Gasteiger partial charge in [-0.05, 0) is 24.6 Å². The quantitative estimate of drug-likeness (QED) is 0.819. The molecule has 1 aromatic carbocycles. The number of halogens is 2. The third kappa shape index (κ3) is 2.02. The number of hydrogen-bond acceptors (Lipinski definition) is 2. The van der Waals surface area contributed by atoms with Gasteiger partial charge >= 0.3 is 0 Å². The van der Waals surface area contributed by atoms with Crippen molar-refractivity contribution in [2.24, 2.45) is 0 Å². The summed E-state index contributed by atoms with van der Waals surface area (Å²) in [6, 6.07) is 2.79. The van der Waals surface area contributed by atoms with Gasteiger partial charge in [0, 0.05) is 18.1 Å². The lowest BCUT2D eigenvalue weighted by Crippen LogP contribution is -2.04. The zero-order valence-corrected chi connectivity index (χ0v) is 9.50. The molecule has 0 saturated heterocycles. The Morgan fingerprint density at radius 2 is 2.25 bits per heavy atom. The van der Waals surface area contributed by atoms with Crippen molar-refractivity contribution in [1.82, 2.24) is 9.55 Å². The van der Waals surface area contributed by atoms with Crippen molar-refractivity contribution in [3.8, 4) is 0 Å². The van der Waals surface area contributed by atoms with Crippen LogP contribution >= 0.6 is 11.6 Å². The molecule has 0 bridgehead atoms. The lowest BCUT2D eigenvalue weighted by atomic mass is 10.1. The van der Waals surface area contributed by atoms with E-state index >= 15 is 0 Å². The maximum Gasteiger partial charge on any atom is 0.143 e. The van der Waals surface area contributed by atoms with Crippen molar-refractivity contribution >= 4 is 17.3 Å². The molecule has 3 nitrogen and oxygen atoms in total. The molecule has 0 aliphatic rings. The van der Waals surface area contributed by atoms with Gasteiger partial charge in [0.2, 0.25) is 0 Å². The molecule has 2 N–H and O–H groups in total. The first kappa shape index (κ1) is 11.0. The summed E-state index contributed by atoms with van der Waals surface area (Å²) in [7, 11) is 0. The van der Waals surface area contributed by atoms with Crippen molar-refractivity contribution in [2.45, 2.75) is 13.5 Å². The highest BCUT2D eigenvalue weighted by molar-refractivity contribution is 6.30. The van der Waals surface area contributed by atoms with E-state index in [1.54, 1.807) is 12.3 Å². The van der Waals surface area contributed by atoms with E-state index in [1.807, 2.05) is 17.7 Å². The third-order valence-electron chi connectivity index (χ3n) is 2.45. The Labute approximate surface area is 97.7 Å². The molecule has 0 amide bonds. The van der Waals surface area contributed by atoms with E-state index in [1.165, 1.54) is 6.07 Å². The molecule has 1 heterocycles. The Morgan fingerprint density at radius 3 is 2.88 bits per heavy atom. The predicted molar refractivity (Wildman–Crippen MR) is 61.9 cm³/mol. The number of benzene rings is 1. The average Bonchev–Trinajstić information content (AvgIpc) is 2.61. The summed E-state index contributed by atoms with van der Waals surface area (Å²) in [6.45, 7) is 2.43. The van der Waals surface area contributed by atoms with E-state index in [2.05, 4.69) is 4.98 Å². The molecule has 1 aromatic heterocycles. The summed E-state index contributed by atoms with van der Waals surface area (Å²) in [6.07, 6.45) is 3.54. The second-order valence-corrected chi connectivity index (χ2v) is 3.97. The van der Waals surface area contributed by atoms with Crippen LogP contribution in [0.2, 0.25) is 5.02 Å². The smallest absolute Gasteiger partial charge is 0.143 e. The molecule has 84 valence electrons. The molecule has 0 unspecified atom stereocenters. The second kappa shape index (κ2) is 4.14. The molecular formula is C11H11ClFN3. The molecule has 0 spiro atoms. The second-order valence-electron chi connectivity index (χ2n) is 3.57. The molecule has 16 heavy (non-hydrogen) atoms. The molecule has 0 radical (unpaired) electrons. The number of anilines is 1. The SMILES string of the molecule is Cc1nccn1Cc1cc(Cl)c(F)cc1N. The number of nitrogens with zero attached hydrogens (tertiary/aromatic N) is 2. The molecule has 0 aliphatic heterocycles. The Kier molecular flexibility index (Phi) is 2.83. The zero-order chi connectivity index (χ0) is 11.7. The standard InChI is InChI=1S/C11H11ClFN3/c1-7-15-2-3-16(7)6-8-4-9(12)10(13)5-11(8)14/h2-5H,6,14H2,1H3. The first-order valence-electron chi connectivity index (χ1n) is 4.79. The van der Waals surface area contributed by atoms with Gasteiger partial charge in [-0.3, -0.25) is 0 Å². The van der Waals surface area contributed by atoms with Crippen LogP contribution < -0.4 is 5.73 Å². The van der Waals surface area contributed by atoms with E-state index < -0.39 is 5.82 Å². The van der Waals surface area contributed by atoms with Crippen LogP contribution in [0.5, 0.6) is 0 Å². The minimum atomic E-state index is -0.495. The van der Waals surface area contributed by atoms with E-state index in [9.17, 15) is 4.39 Å². The van der Waals surface area contributed by atoms with Crippen molar-refractivity contribution < 1.29 is 4.39 Å². The van der Waals surface area contributed by atoms with E-state index in [-0.39, 0.29) is 5.02 Å². The summed E-state index contributed by atoms with van der Waals surface area (Å²) in [4.78, 5) is 4.10. The number of nitrogen functional groups attached to an aromatic ring is 1. The van der Waals surface area contributed by atoms with Crippen LogP contribution in [-0.2, 0) is 6.54 Å². The topological polar surface area (TPSA) is 43.8 Å². The summed E-state index contributed by atoms with van der Waals surface area (Å²) >= 11 is 5.71. The lowest BCUT2D eigenvalue weighted by Gasteiger charge is -2.09. The van der Waals surface area contributed by atoms with Crippen LogP contribution in [-0.4, -0.2) is 9.55 Å². The van der Waals surface area contributed by atoms with Gasteiger partial charge in [-0.25, -0.2) is 9.37 Å². The monoisotopic (exact) mass is 239 g/mol. The first-order chi connectivity index (χ1) is 7.58. The van der Waals surface area contributed by atoms with Crippen LogP contribution in [0.3, 0.4) is 0 Å².